The molecule has 0 aromatic heterocycles. The Morgan fingerprint density at radius 3 is 2.16 bits per heavy atom. The number of hydrogen-bond acceptors (Lipinski definition) is 2. The molecule has 3 amide bonds. The molecule has 2 fully saturated rings. The number of likely N-dealkylation sites (tertiary alicyclic amines) is 1. The first-order valence-electron chi connectivity index (χ1n) is 14.2. The summed E-state index contributed by atoms with van der Waals surface area (Å²) >= 11 is 0. The van der Waals surface area contributed by atoms with Gasteiger partial charge in [-0.1, -0.05) is 85.6 Å². The Kier molecular flexibility index (Phi) is 8.42. The summed E-state index contributed by atoms with van der Waals surface area (Å²) in [6, 6.07) is 28.8. The Morgan fingerprint density at radius 2 is 1.47 bits per heavy atom. The van der Waals surface area contributed by atoms with Gasteiger partial charge in [-0.2, -0.15) is 0 Å². The maximum atomic E-state index is 13.4. The molecule has 0 spiro atoms. The highest BCUT2D eigenvalue weighted by Crippen LogP contribution is 2.38. The van der Waals surface area contributed by atoms with Crippen LogP contribution < -0.4 is 10.2 Å². The van der Waals surface area contributed by atoms with Crippen molar-refractivity contribution in [3.63, 3.8) is 0 Å². The smallest absolute Gasteiger partial charge is 0.324 e. The number of amides is 3. The fourth-order valence-electron chi connectivity index (χ4n) is 6.00. The van der Waals surface area contributed by atoms with Crippen LogP contribution in [-0.4, -0.2) is 29.9 Å². The van der Waals surface area contributed by atoms with E-state index >= 15 is 0 Å². The van der Waals surface area contributed by atoms with E-state index in [1.807, 2.05) is 58.3 Å². The van der Waals surface area contributed by atoms with Crippen molar-refractivity contribution < 1.29 is 9.59 Å². The number of nitrogens with one attached hydrogen (secondary N) is 1. The SMILES string of the molecule is C[C@H](NC(=O)C1CCCC[C@@H]1c1ccc(CN(C(=O)N2CCCC2)c2ccccc2)cc1)c1ccccc1. The molecular formula is C33H39N3O2. The van der Waals surface area contributed by atoms with Gasteiger partial charge in [-0.25, -0.2) is 4.79 Å². The molecule has 198 valence electrons. The number of benzene rings is 3. The largest absolute Gasteiger partial charge is 0.349 e. The zero-order valence-electron chi connectivity index (χ0n) is 22.4. The predicted octanol–water partition coefficient (Wildman–Crippen LogP) is 7.06. The first-order chi connectivity index (χ1) is 18.6. The molecule has 1 heterocycles. The summed E-state index contributed by atoms with van der Waals surface area (Å²) in [5.74, 6) is 0.358. The van der Waals surface area contributed by atoms with Gasteiger partial charge in [0, 0.05) is 24.7 Å². The summed E-state index contributed by atoms with van der Waals surface area (Å²) in [5.41, 5.74) is 4.37. The molecule has 2 aliphatic rings. The lowest BCUT2D eigenvalue weighted by molar-refractivity contribution is -0.127. The molecule has 3 aromatic rings. The number of para-hydroxylation sites is 1. The predicted molar refractivity (Wildman–Crippen MR) is 153 cm³/mol. The molecule has 38 heavy (non-hydrogen) atoms. The second-order valence-corrected chi connectivity index (χ2v) is 10.8. The average molecular weight is 510 g/mol. The number of hydrogen-bond donors (Lipinski definition) is 1. The van der Waals surface area contributed by atoms with Crippen molar-refractivity contribution in [3.8, 4) is 0 Å². The molecule has 5 nitrogen and oxygen atoms in total. The quantitative estimate of drug-likeness (QED) is 0.371. The molecule has 1 saturated carbocycles. The summed E-state index contributed by atoms with van der Waals surface area (Å²) < 4.78 is 0. The van der Waals surface area contributed by atoms with Crippen molar-refractivity contribution in [1.29, 1.82) is 0 Å². The van der Waals surface area contributed by atoms with E-state index in [0.717, 1.165) is 68.4 Å². The highest BCUT2D eigenvalue weighted by Gasteiger charge is 2.33. The Bertz CT molecular complexity index is 1190. The standard InChI is InChI=1S/C33H39N3O2/c1-25(27-12-4-2-5-13-27)34-32(37)31-17-9-8-16-30(31)28-20-18-26(19-21-28)24-36(29-14-6-3-7-15-29)33(38)35-22-10-11-23-35/h2-7,12-15,18-21,25,30-31H,8-11,16-17,22-24H2,1H3,(H,34,37)/t25-,30+,31?/m0/s1. The summed E-state index contributed by atoms with van der Waals surface area (Å²) in [6.07, 6.45) is 6.34. The van der Waals surface area contributed by atoms with Gasteiger partial charge in [0.05, 0.1) is 12.6 Å². The van der Waals surface area contributed by atoms with Crippen LogP contribution in [0.15, 0.2) is 84.9 Å². The average Bonchev–Trinajstić information content (AvgIpc) is 3.52. The maximum absolute atomic E-state index is 13.4. The van der Waals surface area contributed by atoms with Crippen molar-refractivity contribution >= 4 is 17.6 Å². The van der Waals surface area contributed by atoms with Crippen LogP contribution in [0.5, 0.6) is 0 Å². The van der Waals surface area contributed by atoms with Crippen molar-refractivity contribution in [2.75, 3.05) is 18.0 Å². The zero-order valence-corrected chi connectivity index (χ0v) is 22.4. The van der Waals surface area contributed by atoms with Crippen molar-refractivity contribution in [3.05, 3.63) is 102 Å². The third kappa shape index (κ3) is 6.09. The van der Waals surface area contributed by atoms with Crippen molar-refractivity contribution in [1.82, 2.24) is 10.2 Å². The van der Waals surface area contributed by atoms with Crippen LogP contribution in [-0.2, 0) is 11.3 Å². The second kappa shape index (κ2) is 12.3. The number of carbonyl (C=O) groups excluding carboxylic acids is 2. The molecule has 3 aromatic carbocycles. The molecule has 1 N–H and O–H groups in total. The van der Waals surface area contributed by atoms with Gasteiger partial charge in [0.25, 0.3) is 0 Å². The Balaban J connectivity index is 1.29. The number of carbonyl (C=O) groups is 2. The minimum atomic E-state index is -0.0154. The third-order valence-electron chi connectivity index (χ3n) is 8.18. The van der Waals surface area contributed by atoms with Crippen LogP contribution in [0.1, 0.15) is 74.1 Å². The number of urea groups is 1. The molecule has 5 rings (SSSR count). The molecule has 3 atom stereocenters. The Hall–Kier alpha value is -3.60. The van der Waals surface area contributed by atoms with Crippen LogP contribution in [0.3, 0.4) is 0 Å². The topological polar surface area (TPSA) is 52.7 Å². The van der Waals surface area contributed by atoms with E-state index in [4.69, 9.17) is 0 Å². The van der Waals surface area contributed by atoms with E-state index in [9.17, 15) is 9.59 Å². The first kappa shape index (κ1) is 26.0. The lowest BCUT2D eigenvalue weighted by Crippen LogP contribution is -2.41. The molecule has 0 bridgehead atoms. The molecule has 0 radical (unpaired) electrons. The lowest BCUT2D eigenvalue weighted by atomic mass is 9.74. The van der Waals surface area contributed by atoms with Crippen LogP contribution in [0.4, 0.5) is 10.5 Å². The van der Waals surface area contributed by atoms with Gasteiger partial charge in [-0.15, -0.1) is 0 Å². The van der Waals surface area contributed by atoms with Gasteiger partial charge >= 0.3 is 6.03 Å². The maximum Gasteiger partial charge on any atom is 0.324 e. The Labute approximate surface area is 226 Å². The van der Waals surface area contributed by atoms with E-state index in [-0.39, 0.29) is 29.8 Å². The minimum absolute atomic E-state index is 0.00855. The summed E-state index contributed by atoms with van der Waals surface area (Å²) in [6.45, 7) is 4.24. The van der Waals surface area contributed by atoms with E-state index < -0.39 is 0 Å². The third-order valence-corrected chi connectivity index (χ3v) is 8.18. The van der Waals surface area contributed by atoms with Crippen LogP contribution >= 0.6 is 0 Å². The van der Waals surface area contributed by atoms with E-state index in [1.54, 1.807) is 0 Å². The van der Waals surface area contributed by atoms with Gasteiger partial charge in [-0.05, 0) is 67.3 Å². The monoisotopic (exact) mass is 509 g/mol. The van der Waals surface area contributed by atoms with Gasteiger partial charge in [0.2, 0.25) is 5.91 Å². The summed E-state index contributed by atoms with van der Waals surface area (Å²) in [7, 11) is 0. The van der Waals surface area contributed by atoms with E-state index in [0.29, 0.717) is 6.54 Å². The lowest BCUT2D eigenvalue weighted by Gasteiger charge is -2.32. The van der Waals surface area contributed by atoms with Crippen molar-refractivity contribution in [2.45, 2.75) is 64.0 Å². The number of nitrogens with zero attached hydrogens (tertiary/aromatic N) is 2. The van der Waals surface area contributed by atoms with E-state index in [2.05, 4.69) is 48.6 Å². The molecule has 1 aliphatic carbocycles. The van der Waals surface area contributed by atoms with E-state index in [1.165, 1.54) is 5.56 Å². The van der Waals surface area contributed by atoms with Crippen LogP contribution in [0, 0.1) is 5.92 Å². The molecule has 1 unspecified atom stereocenters. The zero-order chi connectivity index (χ0) is 26.3. The van der Waals surface area contributed by atoms with Gasteiger partial charge in [0.1, 0.15) is 0 Å². The minimum Gasteiger partial charge on any atom is -0.349 e. The summed E-state index contributed by atoms with van der Waals surface area (Å²) in [5, 5.41) is 3.27. The number of rotatable bonds is 7. The first-order valence-corrected chi connectivity index (χ1v) is 14.2. The fraction of sp³-hybridized carbons (Fsp3) is 0.394. The van der Waals surface area contributed by atoms with Crippen LogP contribution in [0.25, 0.3) is 0 Å². The van der Waals surface area contributed by atoms with Crippen LogP contribution in [0.2, 0.25) is 0 Å². The van der Waals surface area contributed by atoms with Crippen molar-refractivity contribution in [2.24, 2.45) is 5.92 Å². The van der Waals surface area contributed by atoms with Gasteiger partial charge < -0.3 is 10.2 Å². The molecule has 5 heteroatoms. The van der Waals surface area contributed by atoms with Gasteiger partial charge in [0.15, 0.2) is 0 Å². The summed E-state index contributed by atoms with van der Waals surface area (Å²) in [4.78, 5) is 30.6. The fourth-order valence-corrected chi connectivity index (χ4v) is 6.00. The highest BCUT2D eigenvalue weighted by molar-refractivity contribution is 5.92. The molecule has 1 saturated heterocycles. The normalized spacial score (nSPS) is 20.1. The second-order valence-electron chi connectivity index (χ2n) is 10.8. The molecular weight excluding hydrogens is 470 g/mol. The Morgan fingerprint density at radius 1 is 0.842 bits per heavy atom. The number of anilines is 1. The molecule has 1 aliphatic heterocycles. The van der Waals surface area contributed by atoms with Gasteiger partial charge in [-0.3, -0.25) is 9.69 Å². The highest BCUT2D eigenvalue weighted by atomic mass is 16.2.